The van der Waals surface area contributed by atoms with Gasteiger partial charge in [-0.2, -0.15) is 0 Å². The van der Waals surface area contributed by atoms with Crippen molar-refractivity contribution in [2.24, 2.45) is 0 Å². The molecule has 3 aromatic rings. The summed E-state index contributed by atoms with van der Waals surface area (Å²) in [7, 11) is 0. The summed E-state index contributed by atoms with van der Waals surface area (Å²) in [4.78, 5) is 37.8. The monoisotopic (exact) mass is 459 g/mol. The average Bonchev–Trinajstić information content (AvgIpc) is 3.16. The highest BCUT2D eigenvalue weighted by atomic mass is 32.2. The Morgan fingerprint density at radius 3 is 2.52 bits per heavy atom. The van der Waals surface area contributed by atoms with Crippen molar-refractivity contribution in [2.75, 3.05) is 37.6 Å². The Labute approximate surface area is 196 Å². The Hall–Kier alpha value is -3.23. The van der Waals surface area contributed by atoms with Crippen LogP contribution in [0.15, 0.2) is 53.7 Å². The van der Waals surface area contributed by atoms with Crippen LogP contribution in [0.1, 0.15) is 19.0 Å². The third-order valence-corrected chi connectivity index (χ3v) is 6.81. The Bertz CT molecular complexity index is 1230. The molecule has 2 aliphatic rings. The SMILES string of the molecule is CCCN1CCN(c2ccc(-c3cncc4ccc(C=C5SC(=O)NC5=O)nc34)cc2)CC1. The van der Waals surface area contributed by atoms with Gasteiger partial charge >= 0.3 is 0 Å². The fourth-order valence-corrected chi connectivity index (χ4v) is 4.97. The first-order chi connectivity index (χ1) is 16.1. The molecule has 2 saturated heterocycles. The second-order valence-electron chi connectivity index (χ2n) is 8.22. The summed E-state index contributed by atoms with van der Waals surface area (Å²) in [5, 5.41) is 2.84. The highest BCUT2D eigenvalue weighted by Crippen LogP contribution is 2.30. The molecule has 0 atom stereocenters. The predicted molar refractivity (Wildman–Crippen MR) is 133 cm³/mol. The number of fused-ring (bicyclic) bond motifs is 1. The van der Waals surface area contributed by atoms with Crippen molar-refractivity contribution in [3.63, 3.8) is 0 Å². The number of hydrogen-bond acceptors (Lipinski definition) is 7. The van der Waals surface area contributed by atoms with Gasteiger partial charge in [-0.15, -0.1) is 0 Å². The van der Waals surface area contributed by atoms with E-state index in [1.54, 1.807) is 12.3 Å². The molecule has 0 saturated carbocycles. The van der Waals surface area contributed by atoms with E-state index in [9.17, 15) is 9.59 Å². The molecule has 5 rings (SSSR count). The van der Waals surface area contributed by atoms with Crippen molar-refractivity contribution in [1.82, 2.24) is 20.2 Å². The number of piperazine rings is 1. The van der Waals surface area contributed by atoms with Crippen LogP contribution in [0.4, 0.5) is 10.5 Å². The van der Waals surface area contributed by atoms with Crippen LogP contribution in [-0.4, -0.2) is 58.7 Å². The fraction of sp³-hybridized carbons (Fsp3) is 0.280. The molecule has 1 N–H and O–H groups in total. The zero-order valence-electron chi connectivity index (χ0n) is 18.5. The molecule has 2 amide bonds. The third kappa shape index (κ3) is 4.62. The van der Waals surface area contributed by atoms with E-state index in [-0.39, 0.29) is 11.1 Å². The first-order valence-corrected chi connectivity index (χ1v) is 12.0. The minimum Gasteiger partial charge on any atom is -0.369 e. The second kappa shape index (κ2) is 9.33. The summed E-state index contributed by atoms with van der Waals surface area (Å²) in [6, 6.07) is 12.3. The van der Waals surface area contributed by atoms with Crippen LogP contribution in [0.5, 0.6) is 0 Å². The van der Waals surface area contributed by atoms with E-state index in [2.05, 4.69) is 51.3 Å². The van der Waals surface area contributed by atoms with Gasteiger partial charge in [0.05, 0.1) is 16.1 Å². The molecule has 0 radical (unpaired) electrons. The lowest BCUT2D eigenvalue weighted by Gasteiger charge is -2.36. The van der Waals surface area contributed by atoms with Crippen molar-refractivity contribution >= 4 is 45.6 Å². The summed E-state index contributed by atoms with van der Waals surface area (Å²) in [5.41, 5.74) is 4.66. The number of nitrogens with one attached hydrogen (secondary N) is 1. The molecule has 7 nitrogen and oxygen atoms in total. The van der Waals surface area contributed by atoms with Crippen LogP contribution in [0.2, 0.25) is 0 Å². The van der Waals surface area contributed by atoms with Crippen molar-refractivity contribution in [3.05, 3.63) is 59.4 Å². The number of pyridine rings is 2. The van der Waals surface area contributed by atoms with Gasteiger partial charge in [0.25, 0.3) is 11.1 Å². The summed E-state index contributed by atoms with van der Waals surface area (Å²) in [6.45, 7) is 7.70. The summed E-state index contributed by atoms with van der Waals surface area (Å²) < 4.78 is 0. The minimum absolute atomic E-state index is 0.353. The summed E-state index contributed by atoms with van der Waals surface area (Å²) in [6.07, 6.45) is 6.46. The highest BCUT2D eigenvalue weighted by molar-refractivity contribution is 8.18. The van der Waals surface area contributed by atoms with E-state index in [4.69, 9.17) is 4.98 Å². The normalized spacial score (nSPS) is 18.3. The number of imide groups is 1. The van der Waals surface area contributed by atoms with Gasteiger partial charge in [0.15, 0.2) is 0 Å². The number of carbonyl (C=O) groups is 2. The largest absolute Gasteiger partial charge is 0.369 e. The number of anilines is 1. The Balaban J connectivity index is 1.41. The van der Waals surface area contributed by atoms with E-state index in [1.165, 1.54) is 18.7 Å². The van der Waals surface area contributed by atoms with E-state index in [0.717, 1.165) is 60.0 Å². The van der Waals surface area contributed by atoms with Gasteiger partial charge in [-0.25, -0.2) is 4.98 Å². The second-order valence-corrected chi connectivity index (χ2v) is 9.24. The van der Waals surface area contributed by atoms with Crippen molar-refractivity contribution in [2.45, 2.75) is 13.3 Å². The lowest BCUT2D eigenvalue weighted by atomic mass is 10.0. The lowest BCUT2D eigenvalue weighted by Crippen LogP contribution is -2.46. The smallest absolute Gasteiger partial charge is 0.290 e. The summed E-state index contributed by atoms with van der Waals surface area (Å²) in [5.74, 6) is -0.382. The molecular weight excluding hydrogens is 434 g/mol. The molecule has 2 fully saturated rings. The standard InChI is InChI=1S/C25H25N5O2S/c1-2-9-29-10-12-30(13-11-29)20-7-4-17(5-8-20)21-16-26-15-18-3-6-19(27-23(18)21)14-22-24(31)28-25(32)33-22/h3-8,14-16H,2,9-13H2,1H3,(H,28,31,32). The van der Waals surface area contributed by atoms with Crippen LogP contribution in [0.25, 0.3) is 28.1 Å². The van der Waals surface area contributed by atoms with Crippen molar-refractivity contribution < 1.29 is 9.59 Å². The predicted octanol–water partition coefficient (Wildman–Crippen LogP) is 4.15. The zero-order valence-corrected chi connectivity index (χ0v) is 19.3. The Kier molecular flexibility index (Phi) is 6.11. The van der Waals surface area contributed by atoms with Gasteiger partial charge in [-0.3, -0.25) is 24.8 Å². The molecule has 0 spiro atoms. The minimum atomic E-state index is -0.382. The molecule has 33 heavy (non-hydrogen) atoms. The van der Waals surface area contributed by atoms with E-state index in [1.807, 2.05) is 18.3 Å². The van der Waals surface area contributed by atoms with Crippen LogP contribution in [-0.2, 0) is 4.79 Å². The van der Waals surface area contributed by atoms with Gasteiger partial charge < -0.3 is 4.90 Å². The highest BCUT2D eigenvalue weighted by Gasteiger charge is 2.25. The third-order valence-electron chi connectivity index (χ3n) is 6.00. The molecule has 4 heterocycles. The first-order valence-electron chi connectivity index (χ1n) is 11.2. The molecule has 168 valence electrons. The van der Waals surface area contributed by atoms with Gasteiger partial charge in [0, 0.05) is 55.2 Å². The molecule has 0 unspecified atom stereocenters. The van der Waals surface area contributed by atoms with Crippen LogP contribution < -0.4 is 10.2 Å². The number of hydrogen-bond donors (Lipinski definition) is 1. The lowest BCUT2D eigenvalue weighted by molar-refractivity contribution is -0.115. The summed E-state index contributed by atoms with van der Waals surface area (Å²) >= 11 is 0.894. The average molecular weight is 460 g/mol. The fourth-order valence-electron chi connectivity index (χ4n) is 4.30. The zero-order chi connectivity index (χ0) is 22.8. The van der Waals surface area contributed by atoms with E-state index in [0.29, 0.717) is 10.6 Å². The van der Waals surface area contributed by atoms with E-state index < -0.39 is 0 Å². The maximum atomic E-state index is 11.9. The number of nitrogens with zero attached hydrogens (tertiary/aromatic N) is 4. The van der Waals surface area contributed by atoms with Crippen LogP contribution >= 0.6 is 11.8 Å². The molecule has 1 aromatic carbocycles. The van der Waals surface area contributed by atoms with Crippen LogP contribution in [0, 0.1) is 0 Å². The van der Waals surface area contributed by atoms with Gasteiger partial charge in [-0.1, -0.05) is 19.1 Å². The topological polar surface area (TPSA) is 78.4 Å². The quantitative estimate of drug-likeness (QED) is 0.574. The Morgan fingerprint density at radius 2 is 1.82 bits per heavy atom. The maximum absolute atomic E-state index is 11.9. The number of rotatable bonds is 5. The number of amides is 2. The van der Waals surface area contributed by atoms with Crippen LogP contribution in [0.3, 0.4) is 0 Å². The number of aromatic nitrogens is 2. The Morgan fingerprint density at radius 1 is 1.03 bits per heavy atom. The van der Waals surface area contributed by atoms with Gasteiger partial charge in [0.1, 0.15) is 0 Å². The number of benzene rings is 1. The van der Waals surface area contributed by atoms with E-state index >= 15 is 0 Å². The molecule has 0 aliphatic carbocycles. The molecule has 2 aliphatic heterocycles. The maximum Gasteiger partial charge on any atom is 0.290 e. The molecule has 2 aromatic heterocycles. The first kappa shape index (κ1) is 21.6. The number of carbonyl (C=O) groups excluding carboxylic acids is 2. The molecule has 8 heteroatoms. The van der Waals surface area contributed by atoms with Gasteiger partial charge in [0.2, 0.25) is 0 Å². The number of thioether (sulfide) groups is 1. The molecule has 0 bridgehead atoms. The molecular formula is C25H25N5O2S. The van der Waals surface area contributed by atoms with Crippen molar-refractivity contribution in [3.8, 4) is 11.1 Å². The van der Waals surface area contributed by atoms with Crippen molar-refractivity contribution in [1.29, 1.82) is 0 Å². The van der Waals surface area contributed by atoms with Gasteiger partial charge in [-0.05, 0) is 60.6 Å².